The monoisotopic (exact) mass is 291 g/mol. The number of benzene rings is 1. The third-order valence-electron chi connectivity index (χ3n) is 2.84. The molecule has 2 rings (SSSR count). The SMILES string of the molecule is Cc1ccc(C)c(OCn2cc([N+](=O)[O-])c(C(=O)O)n2)c1. The molecule has 0 saturated carbocycles. The van der Waals surface area contributed by atoms with Crippen LogP contribution in [0, 0.1) is 24.0 Å². The first-order valence-corrected chi connectivity index (χ1v) is 6.03. The van der Waals surface area contributed by atoms with Gasteiger partial charge in [-0.15, -0.1) is 0 Å². The summed E-state index contributed by atoms with van der Waals surface area (Å²) in [7, 11) is 0. The third kappa shape index (κ3) is 3.16. The van der Waals surface area contributed by atoms with Gasteiger partial charge in [0, 0.05) is 0 Å². The number of aromatic carboxylic acids is 1. The van der Waals surface area contributed by atoms with Gasteiger partial charge in [-0.05, 0) is 31.0 Å². The zero-order valence-electron chi connectivity index (χ0n) is 11.4. The fraction of sp³-hybridized carbons (Fsp3) is 0.231. The standard InChI is InChI=1S/C13H13N3O5/c1-8-3-4-9(2)11(5-8)21-7-15-6-10(16(19)20)12(14-15)13(17)18/h3-6H,7H2,1-2H3,(H,17,18). The Labute approximate surface area is 119 Å². The van der Waals surface area contributed by atoms with Gasteiger partial charge < -0.3 is 9.84 Å². The van der Waals surface area contributed by atoms with Gasteiger partial charge >= 0.3 is 11.7 Å². The number of carboxylic acids is 1. The molecule has 0 fully saturated rings. The van der Waals surface area contributed by atoms with Crippen molar-refractivity contribution < 1.29 is 19.6 Å². The van der Waals surface area contributed by atoms with Crippen LogP contribution in [0.2, 0.25) is 0 Å². The molecule has 110 valence electrons. The number of carbonyl (C=O) groups is 1. The van der Waals surface area contributed by atoms with Gasteiger partial charge in [0.05, 0.1) is 4.92 Å². The van der Waals surface area contributed by atoms with Gasteiger partial charge in [0.15, 0.2) is 6.73 Å². The molecule has 0 aliphatic rings. The maximum Gasteiger partial charge on any atom is 0.363 e. The van der Waals surface area contributed by atoms with E-state index >= 15 is 0 Å². The van der Waals surface area contributed by atoms with Gasteiger partial charge in [-0.1, -0.05) is 12.1 Å². The highest BCUT2D eigenvalue weighted by molar-refractivity contribution is 5.89. The predicted molar refractivity (Wildman–Crippen MR) is 72.4 cm³/mol. The first kappa shape index (κ1) is 14.5. The largest absolute Gasteiger partial charge is 0.476 e. The van der Waals surface area contributed by atoms with Crippen LogP contribution in [-0.4, -0.2) is 25.8 Å². The molecule has 0 atom stereocenters. The molecule has 0 unspecified atom stereocenters. The highest BCUT2D eigenvalue weighted by Crippen LogP contribution is 2.21. The zero-order chi connectivity index (χ0) is 15.6. The molecule has 1 heterocycles. The van der Waals surface area contributed by atoms with E-state index in [1.165, 1.54) is 0 Å². The van der Waals surface area contributed by atoms with E-state index in [2.05, 4.69) is 5.10 Å². The molecule has 8 nitrogen and oxygen atoms in total. The van der Waals surface area contributed by atoms with E-state index in [4.69, 9.17) is 9.84 Å². The van der Waals surface area contributed by atoms with Crippen LogP contribution >= 0.6 is 0 Å². The van der Waals surface area contributed by atoms with Crippen LogP contribution in [0.3, 0.4) is 0 Å². The molecule has 0 bridgehead atoms. The van der Waals surface area contributed by atoms with Crippen LogP contribution < -0.4 is 4.74 Å². The Bertz CT molecular complexity index is 676. The molecule has 1 aromatic carbocycles. The summed E-state index contributed by atoms with van der Waals surface area (Å²) in [6.07, 6.45) is 1.04. The average molecular weight is 291 g/mol. The first-order valence-electron chi connectivity index (χ1n) is 6.03. The number of hydrogen-bond acceptors (Lipinski definition) is 5. The molecule has 0 saturated heterocycles. The van der Waals surface area contributed by atoms with Gasteiger partial charge in [-0.25, -0.2) is 9.48 Å². The van der Waals surface area contributed by atoms with Crippen molar-refractivity contribution in [3.8, 4) is 5.75 Å². The van der Waals surface area contributed by atoms with Crippen molar-refractivity contribution in [2.24, 2.45) is 0 Å². The van der Waals surface area contributed by atoms with Crippen LogP contribution in [-0.2, 0) is 6.73 Å². The lowest BCUT2D eigenvalue weighted by Crippen LogP contribution is -2.08. The molecular weight excluding hydrogens is 278 g/mol. The number of aryl methyl sites for hydroxylation is 2. The summed E-state index contributed by atoms with van der Waals surface area (Å²) >= 11 is 0. The number of nitro groups is 1. The normalized spacial score (nSPS) is 10.4. The quantitative estimate of drug-likeness (QED) is 0.668. The minimum atomic E-state index is -1.45. The van der Waals surface area contributed by atoms with E-state index in [0.717, 1.165) is 22.0 Å². The molecule has 0 spiro atoms. The van der Waals surface area contributed by atoms with Gasteiger partial charge in [0.25, 0.3) is 0 Å². The molecule has 21 heavy (non-hydrogen) atoms. The highest BCUT2D eigenvalue weighted by atomic mass is 16.6. The smallest absolute Gasteiger partial charge is 0.363 e. The van der Waals surface area contributed by atoms with Crippen molar-refractivity contribution in [2.45, 2.75) is 20.6 Å². The van der Waals surface area contributed by atoms with Crippen molar-refractivity contribution in [2.75, 3.05) is 0 Å². The Morgan fingerprint density at radius 2 is 2.19 bits per heavy atom. The molecule has 0 aliphatic carbocycles. The maximum atomic E-state index is 10.9. The van der Waals surface area contributed by atoms with Crippen molar-refractivity contribution in [3.05, 3.63) is 51.3 Å². The summed E-state index contributed by atoms with van der Waals surface area (Å²) in [6, 6.07) is 5.65. The average Bonchev–Trinajstić information content (AvgIpc) is 2.84. The second-order valence-electron chi connectivity index (χ2n) is 4.51. The van der Waals surface area contributed by atoms with E-state index in [9.17, 15) is 14.9 Å². The number of carboxylic acid groups (broad SMARTS) is 1. The fourth-order valence-corrected chi connectivity index (χ4v) is 1.76. The van der Waals surface area contributed by atoms with Crippen LogP contribution in [0.1, 0.15) is 21.6 Å². The summed E-state index contributed by atoms with van der Waals surface area (Å²) in [5.41, 5.74) is 0.741. The van der Waals surface area contributed by atoms with E-state index in [-0.39, 0.29) is 6.73 Å². The lowest BCUT2D eigenvalue weighted by atomic mass is 10.1. The molecule has 1 aromatic heterocycles. The summed E-state index contributed by atoms with van der Waals surface area (Å²) in [5, 5.41) is 23.3. The van der Waals surface area contributed by atoms with E-state index in [1.54, 1.807) is 0 Å². The van der Waals surface area contributed by atoms with Crippen molar-refractivity contribution in [3.63, 3.8) is 0 Å². The van der Waals surface area contributed by atoms with E-state index in [0.29, 0.717) is 5.75 Å². The topological polar surface area (TPSA) is 107 Å². The highest BCUT2D eigenvalue weighted by Gasteiger charge is 2.25. The minimum Gasteiger partial charge on any atom is -0.476 e. The second-order valence-corrected chi connectivity index (χ2v) is 4.51. The molecular formula is C13H13N3O5. The third-order valence-corrected chi connectivity index (χ3v) is 2.84. The zero-order valence-corrected chi connectivity index (χ0v) is 11.4. The van der Waals surface area contributed by atoms with Gasteiger partial charge in [0.1, 0.15) is 11.9 Å². The number of ether oxygens (including phenoxy) is 1. The second kappa shape index (κ2) is 5.61. The van der Waals surface area contributed by atoms with Gasteiger partial charge in [0.2, 0.25) is 5.69 Å². The Morgan fingerprint density at radius 3 is 2.76 bits per heavy atom. The van der Waals surface area contributed by atoms with Crippen molar-refractivity contribution in [1.82, 2.24) is 9.78 Å². The van der Waals surface area contributed by atoms with Crippen LogP contribution in [0.25, 0.3) is 0 Å². The Balaban J connectivity index is 2.20. The van der Waals surface area contributed by atoms with Gasteiger partial charge in [-0.3, -0.25) is 10.1 Å². The Hall–Kier alpha value is -2.90. The van der Waals surface area contributed by atoms with Crippen molar-refractivity contribution >= 4 is 11.7 Å². The Morgan fingerprint density at radius 1 is 1.48 bits per heavy atom. The van der Waals surface area contributed by atoms with Crippen LogP contribution in [0.5, 0.6) is 5.75 Å². The number of rotatable bonds is 5. The molecule has 0 amide bonds. The Kier molecular flexibility index (Phi) is 3.88. The fourth-order valence-electron chi connectivity index (χ4n) is 1.76. The number of nitrogens with zero attached hydrogens (tertiary/aromatic N) is 3. The molecule has 0 radical (unpaired) electrons. The van der Waals surface area contributed by atoms with Crippen molar-refractivity contribution in [1.29, 1.82) is 0 Å². The number of aromatic nitrogens is 2. The first-order chi connectivity index (χ1) is 9.88. The molecule has 2 aromatic rings. The molecule has 8 heteroatoms. The van der Waals surface area contributed by atoms with E-state index < -0.39 is 22.3 Å². The lowest BCUT2D eigenvalue weighted by molar-refractivity contribution is -0.385. The lowest BCUT2D eigenvalue weighted by Gasteiger charge is -2.09. The number of hydrogen-bond donors (Lipinski definition) is 1. The van der Waals surface area contributed by atoms with Gasteiger partial charge in [-0.2, -0.15) is 5.10 Å². The summed E-state index contributed by atoms with van der Waals surface area (Å²) in [5.74, 6) is -0.836. The van der Waals surface area contributed by atoms with Crippen LogP contribution in [0.15, 0.2) is 24.4 Å². The molecule has 1 N–H and O–H groups in total. The maximum absolute atomic E-state index is 10.9. The minimum absolute atomic E-state index is 0.113. The predicted octanol–water partition coefficient (Wildman–Crippen LogP) is 2.14. The summed E-state index contributed by atoms with van der Waals surface area (Å²) in [6.45, 7) is 3.66. The summed E-state index contributed by atoms with van der Waals surface area (Å²) < 4.78 is 6.60. The van der Waals surface area contributed by atoms with E-state index in [1.807, 2.05) is 32.0 Å². The summed E-state index contributed by atoms with van der Waals surface area (Å²) in [4.78, 5) is 20.9. The van der Waals surface area contributed by atoms with Crippen LogP contribution in [0.4, 0.5) is 5.69 Å². The molecule has 0 aliphatic heterocycles.